The van der Waals surface area contributed by atoms with Crippen LogP contribution in [0, 0.1) is 5.41 Å². The summed E-state index contributed by atoms with van der Waals surface area (Å²) < 4.78 is 0. The number of aromatic amines is 2. The Morgan fingerprint density at radius 2 is 2.19 bits per heavy atom. The van der Waals surface area contributed by atoms with Crippen LogP contribution in [0.1, 0.15) is 74.3 Å². The smallest absolute Gasteiger partial charge is 0.229 e. The molecule has 1 aliphatic heterocycles. The summed E-state index contributed by atoms with van der Waals surface area (Å²) in [5, 5.41) is 14.7. The quantitative estimate of drug-likeness (QED) is 0.794. The third-order valence-electron chi connectivity index (χ3n) is 6.15. The third-order valence-corrected chi connectivity index (χ3v) is 6.15. The second kappa shape index (κ2) is 7.29. The maximum absolute atomic E-state index is 13.6. The fraction of sp³-hybridized carbons (Fsp3) is 0.600. The maximum atomic E-state index is 13.6. The van der Waals surface area contributed by atoms with E-state index in [1.54, 1.807) is 0 Å². The van der Waals surface area contributed by atoms with Gasteiger partial charge in [0.2, 0.25) is 5.91 Å². The Bertz CT molecular complexity index is 816. The van der Waals surface area contributed by atoms with Gasteiger partial charge in [0.15, 0.2) is 5.82 Å². The van der Waals surface area contributed by atoms with Crippen molar-refractivity contribution in [3.63, 3.8) is 0 Å². The average Bonchev–Trinajstić information content (AvgIpc) is 3.36. The zero-order valence-electron chi connectivity index (χ0n) is 16.0. The molecule has 2 aromatic rings. The molecule has 1 saturated carbocycles. The normalized spacial score (nSPS) is 21.7. The van der Waals surface area contributed by atoms with E-state index in [0.29, 0.717) is 13.1 Å². The number of hydrogen-bond acceptors (Lipinski definition) is 4. The largest absolute Gasteiger partial charge is 0.337 e. The lowest BCUT2D eigenvalue weighted by molar-refractivity contribution is -0.145. The van der Waals surface area contributed by atoms with Crippen LogP contribution in [0.5, 0.6) is 0 Å². The van der Waals surface area contributed by atoms with Gasteiger partial charge in [-0.05, 0) is 19.3 Å². The van der Waals surface area contributed by atoms with Gasteiger partial charge in [0, 0.05) is 25.1 Å². The van der Waals surface area contributed by atoms with Crippen LogP contribution in [-0.4, -0.2) is 42.7 Å². The van der Waals surface area contributed by atoms with Crippen molar-refractivity contribution in [3.8, 4) is 0 Å². The molecule has 1 fully saturated rings. The highest BCUT2D eigenvalue weighted by molar-refractivity contribution is 5.83. The summed E-state index contributed by atoms with van der Waals surface area (Å²) in [6.07, 6.45) is 10.7. The summed E-state index contributed by atoms with van der Waals surface area (Å²) in [4.78, 5) is 20.3. The molecule has 1 aliphatic carbocycles. The third kappa shape index (κ3) is 3.19. The Morgan fingerprint density at radius 3 is 2.89 bits per heavy atom. The van der Waals surface area contributed by atoms with Crippen molar-refractivity contribution in [2.75, 3.05) is 6.54 Å². The summed E-state index contributed by atoms with van der Waals surface area (Å²) in [6, 6.07) is 0. The summed E-state index contributed by atoms with van der Waals surface area (Å²) >= 11 is 0. The lowest BCUT2D eigenvalue weighted by atomic mass is 9.70. The number of carbonyl (C=O) groups excluding carboxylic acids is 1. The fourth-order valence-corrected chi connectivity index (χ4v) is 4.67. The van der Waals surface area contributed by atoms with Crippen LogP contribution in [0.4, 0.5) is 0 Å². The minimum Gasteiger partial charge on any atom is -0.337 e. The number of aromatic nitrogens is 5. The molecule has 144 valence electrons. The predicted octanol–water partition coefficient (Wildman–Crippen LogP) is 3.09. The Labute approximate surface area is 159 Å². The zero-order valence-corrected chi connectivity index (χ0v) is 16.0. The van der Waals surface area contributed by atoms with Crippen molar-refractivity contribution in [1.29, 1.82) is 0 Å². The molecule has 7 nitrogen and oxygen atoms in total. The van der Waals surface area contributed by atoms with Gasteiger partial charge in [0.25, 0.3) is 0 Å². The molecule has 0 saturated heterocycles. The Morgan fingerprint density at radius 1 is 1.37 bits per heavy atom. The SMILES string of the molecule is C=CCC1(C(=O)N2Cc3cn[nH]c3C(c3n[nH]c(CC)n3)C2)CCCCC1. The molecule has 0 spiro atoms. The van der Waals surface area contributed by atoms with E-state index in [9.17, 15) is 4.79 Å². The van der Waals surface area contributed by atoms with E-state index < -0.39 is 0 Å². The van der Waals surface area contributed by atoms with Crippen LogP contribution in [0.2, 0.25) is 0 Å². The summed E-state index contributed by atoms with van der Waals surface area (Å²) in [5.41, 5.74) is 1.80. The van der Waals surface area contributed by atoms with E-state index in [-0.39, 0.29) is 17.2 Å². The molecule has 2 aliphatic rings. The highest BCUT2D eigenvalue weighted by atomic mass is 16.2. The second-order valence-corrected chi connectivity index (χ2v) is 7.87. The zero-order chi connectivity index (χ0) is 18.9. The molecule has 3 heterocycles. The van der Waals surface area contributed by atoms with Crippen molar-refractivity contribution in [2.45, 2.75) is 64.3 Å². The Kier molecular flexibility index (Phi) is 4.85. The molecule has 0 radical (unpaired) electrons. The molecule has 27 heavy (non-hydrogen) atoms. The van der Waals surface area contributed by atoms with Crippen LogP contribution in [0.15, 0.2) is 18.9 Å². The van der Waals surface area contributed by atoms with Crippen molar-refractivity contribution in [3.05, 3.63) is 41.8 Å². The first-order valence-corrected chi connectivity index (χ1v) is 10.0. The van der Waals surface area contributed by atoms with Gasteiger partial charge >= 0.3 is 0 Å². The van der Waals surface area contributed by atoms with E-state index in [4.69, 9.17) is 0 Å². The van der Waals surface area contributed by atoms with Gasteiger partial charge in [-0.3, -0.25) is 15.0 Å². The van der Waals surface area contributed by atoms with Gasteiger partial charge < -0.3 is 4.90 Å². The van der Waals surface area contributed by atoms with Crippen molar-refractivity contribution < 1.29 is 4.79 Å². The highest BCUT2D eigenvalue weighted by Gasteiger charge is 2.43. The van der Waals surface area contributed by atoms with E-state index in [2.05, 4.69) is 32.0 Å². The van der Waals surface area contributed by atoms with Crippen molar-refractivity contribution in [1.82, 2.24) is 30.3 Å². The highest BCUT2D eigenvalue weighted by Crippen LogP contribution is 2.43. The monoisotopic (exact) mass is 368 g/mol. The molecular formula is C20H28N6O. The molecular weight excluding hydrogens is 340 g/mol. The number of nitrogens with one attached hydrogen (secondary N) is 2. The molecule has 4 rings (SSSR count). The average molecular weight is 368 g/mol. The van der Waals surface area contributed by atoms with E-state index in [1.807, 2.05) is 24.1 Å². The van der Waals surface area contributed by atoms with Gasteiger partial charge in [-0.1, -0.05) is 32.3 Å². The summed E-state index contributed by atoms with van der Waals surface area (Å²) in [7, 11) is 0. The maximum Gasteiger partial charge on any atom is 0.229 e. The topological polar surface area (TPSA) is 90.6 Å². The number of fused-ring (bicyclic) bond motifs is 1. The van der Waals surface area contributed by atoms with Gasteiger partial charge in [0.05, 0.1) is 23.2 Å². The number of H-pyrrole nitrogens is 2. The van der Waals surface area contributed by atoms with E-state index in [1.165, 1.54) is 6.42 Å². The van der Waals surface area contributed by atoms with Gasteiger partial charge in [-0.15, -0.1) is 6.58 Å². The Hall–Kier alpha value is -2.44. The lowest BCUT2D eigenvalue weighted by Gasteiger charge is -2.41. The molecule has 0 bridgehead atoms. The molecule has 1 amide bonds. The number of amides is 1. The number of rotatable bonds is 5. The predicted molar refractivity (Wildman–Crippen MR) is 102 cm³/mol. The number of hydrogen-bond donors (Lipinski definition) is 2. The summed E-state index contributed by atoms with van der Waals surface area (Å²) in [6.45, 7) is 7.16. The molecule has 1 unspecified atom stereocenters. The standard InChI is InChI=1S/C20H28N6O/c1-3-8-20(9-6-5-7-10-20)19(27)26-12-14-11-21-24-17(14)15(13-26)18-22-16(4-2)23-25-18/h3,11,15H,1,4-10,12-13H2,2H3,(H,21,24)(H,22,23,25). The second-order valence-electron chi connectivity index (χ2n) is 7.87. The number of allylic oxidation sites excluding steroid dienone is 1. The number of aryl methyl sites for hydroxylation is 1. The van der Waals surface area contributed by atoms with Crippen molar-refractivity contribution >= 4 is 5.91 Å². The lowest BCUT2D eigenvalue weighted by Crippen LogP contribution is -2.48. The number of nitrogens with zero attached hydrogens (tertiary/aromatic N) is 4. The van der Waals surface area contributed by atoms with Crippen LogP contribution in [0.3, 0.4) is 0 Å². The van der Waals surface area contributed by atoms with Crippen molar-refractivity contribution in [2.24, 2.45) is 5.41 Å². The van der Waals surface area contributed by atoms with E-state index >= 15 is 0 Å². The fourth-order valence-electron chi connectivity index (χ4n) is 4.67. The van der Waals surface area contributed by atoms with Crippen LogP contribution < -0.4 is 0 Å². The van der Waals surface area contributed by atoms with Gasteiger partial charge in [0.1, 0.15) is 5.82 Å². The summed E-state index contributed by atoms with van der Waals surface area (Å²) in [5.74, 6) is 1.78. The molecule has 2 N–H and O–H groups in total. The molecule has 0 aromatic carbocycles. The first kappa shape index (κ1) is 17.9. The minimum absolute atomic E-state index is 0.0684. The van der Waals surface area contributed by atoms with Crippen LogP contribution in [0.25, 0.3) is 0 Å². The van der Waals surface area contributed by atoms with Crippen LogP contribution >= 0.6 is 0 Å². The van der Waals surface area contributed by atoms with Gasteiger partial charge in [-0.2, -0.15) is 10.2 Å². The molecule has 2 aromatic heterocycles. The van der Waals surface area contributed by atoms with Gasteiger partial charge in [-0.25, -0.2) is 4.98 Å². The molecule has 7 heteroatoms. The minimum atomic E-state index is -0.292. The first-order valence-electron chi connectivity index (χ1n) is 10.0. The van der Waals surface area contributed by atoms with E-state index in [0.717, 1.165) is 61.4 Å². The number of carbonyl (C=O) groups is 1. The first-order chi connectivity index (χ1) is 13.2. The van der Waals surface area contributed by atoms with Crippen LogP contribution in [-0.2, 0) is 17.8 Å². The Balaban J connectivity index is 1.64. The molecule has 1 atom stereocenters.